The van der Waals surface area contributed by atoms with Gasteiger partial charge in [0.2, 0.25) is 0 Å². The van der Waals surface area contributed by atoms with Crippen LogP contribution in [0.2, 0.25) is 0 Å². The van der Waals surface area contributed by atoms with Gasteiger partial charge in [0.05, 0.1) is 18.0 Å². The number of benzene rings is 9. The summed E-state index contributed by atoms with van der Waals surface area (Å²) >= 11 is 0. The summed E-state index contributed by atoms with van der Waals surface area (Å²) in [7, 11) is 0. The van der Waals surface area contributed by atoms with E-state index in [1.54, 1.807) is 4.90 Å². The summed E-state index contributed by atoms with van der Waals surface area (Å²) in [4.78, 5) is 1.72. The summed E-state index contributed by atoms with van der Waals surface area (Å²) in [6.45, 7) is 0. The summed E-state index contributed by atoms with van der Waals surface area (Å²) in [5.74, 6) is 0. The van der Waals surface area contributed by atoms with Crippen LogP contribution in [-0.4, -0.2) is 0 Å². The first-order valence-corrected chi connectivity index (χ1v) is 17.7. The Balaban J connectivity index is 1.21. The lowest BCUT2D eigenvalue weighted by Gasteiger charge is -2.28. The molecule has 1 aromatic heterocycles. The second kappa shape index (κ2) is 13.4. The molecule has 0 amide bonds. The van der Waals surface area contributed by atoms with Crippen molar-refractivity contribution in [1.29, 1.82) is 0 Å². The third-order valence-corrected chi connectivity index (χ3v) is 9.84. The molecule has 0 aliphatic carbocycles. The molecule has 0 aliphatic rings. The van der Waals surface area contributed by atoms with Gasteiger partial charge in [0, 0.05) is 33.1 Å². The molecule has 0 radical (unpaired) electrons. The number of furan rings is 1. The van der Waals surface area contributed by atoms with Crippen LogP contribution in [0.5, 0.6) is 0 Å². The first kappa shape index (κ1) is 23.4. The van der Waals surface area contributed by atoms with E-state index in [0.29, 0.717) is 17.0 Å². The number of fused-ring (bicyclic) bond motifs is 5. The van der Waals surface area contributed by atoms with Gasteiger partial charge in [-0.2, -0.15) is 0 Å². The summed E-state index contributed by atoms with van der Waals surface area (Å²) in [5, 5.41) is 3.94. The van der Waals surface area contributed by atoms with Gasteiger partial charge in [-0.1, -0.05) is 170 Å². The normalized spacial score (nSPS) is 13.7. The highest BCUT2D eigenvalue weighted by atomic mass is 16.3. The quantitative estimate of drug-likeness (QED) is 0.165. The predicted octanol–water partition coefficient (Wildman–Crippen LogP) is 14.9. The average Bonchev–Trinajstić information content (AvgIpc) is 3.72. The Morgan fingerprint density at radius 3 is 1.93 bits per heavy atom. The third kappa shape index (κ3) is 5.62. The molecule has 254 valence electrons. The minimum absolute atomic E-state index is 0.0786. The molecule has 1 heterocycles. The molecule has 10 aromatic rings. The number of rotatable bonds is 7. The lowest BCUT2D eigenvalue weighted by Crippen LogP contribution is -2.11. The van der Waals surface area contributed by atoms with Crippen LogP contribution in [-0.2, 0) is 0 Å². The highest BCUT2D eigenvalue weighted by molar-refractivity contribution is 6.19. The Labute approximate surface area is 327 Å². The standard InChI is InChI=1S/C52H35NO/c1-3-13-36(14-4-1)38-25-27-41(28-26-38)45-20-9-10-23-49(45)53(43-32-29-39(30-33-43)37-15-5-2-6-16-37)44-19-11-18-42(35-44)46-22-12-24-50-51(46)48-34-31-40-17-7-8-21-47(40)52(48)54-50/h1-35H/i2D,5D,6D,15D,16D,29D,30D,32D,33D. The van der Waals surface area contributed by atoms with Gasteiger partial charge in [-0.25, -0.2) is 0 Å². The fourth-order valence-corrected chi connectivity index (χ4v) is 7.30. The topological polar surface area (TPSA) is 16.4 Å². The maximum Gasteiger partial charge on any atom is 0.143 e. The van der Waals surface area contributed by atoms with Gasteiger partial charge in [0.15, 0.2) is 0 Å². The van der Waals surface area contributed by atoms with Gasteiger partial charge in [0.1, 0.15) is 11.2 Å². The van der Waals surface area contributed by atoms with Crippen molar-refractivity contribution in [3.05, 3.63) is 212 Å². The molecule has 0 spiro atoms. The number of anilines is 3. The monoisotopic (exact) mass is 698 g/mol. The first-order chi connectivity index (χ1) is 30.5. The van der Waals surface area contributed by atoms with Gasteiger partial charge in [-0.15, -0.1) is 0 Å². The molecule has 9 aromatic carbocycles. The molecule has 54 heavy (non-hydrogen) atoms. The number of hydrogen-bond acceptors (Lipinski definition) is 2. The van der Waals surface area contributed by atoms with Gasteiger partial charge in [0.25, 0.3) is 0 Å². The first-order valence-electron chi connectivity index (χ1n) is 22.2. The smallest absolute Gasteiger partial charge is 0.143 e. The Hall–Kier alpha value is -7.16. The molecular formula is C52H35NO. The van der Waals surface area contributed by atoms with Crippen molar-refractivity contribution in [2.24, 2.45) is 0 Å². The second-order valence-electron chi connectivity index (χ2n) is 13.0. The molecule has 0 fully saturated rings. The van der Waals surface area contributed by atoms with Crippen molar-refractivity contribution in [3.8, 4) is 44.5 Å². The van der Waals surface area contributed by atoms with E-state index in [1.165, 1.54) is 0 Å². The highest BCUT2D eigenvalue weighted by Crippen LogP contribution is 2.44. The van der Waals surface area contributed by atoms with Gasteiger partial charge in [-0.3, -0.25) is 0 Å². The Kier molecular flexibility index (Phi) is 5.82. The van der Waals surface area contributed by atoms with Crippen LogP contribution in [0.3, 0.4) is 0 Å². The van der Waals surface area contributed by atoms with E-state index in [4.69, 9.17) is 11.3 Å². The van der Waals surface area contributed by atoms with E-state index >= 15 is 0 Å². The molecule has 2 nitrogen and oxygen atoms in total. The van der Waals surface area contributed by atoms with Crippen LogP contribution in [0.15, 0.2) is 217 Å². The van der Waals surface area contributed by atoms with Crippen LogP contribution >= 0.6 is 0 Å². The molecule has 0 unspecified atom stereocenters. The zero-order valence-corrected chi connectivity index (χ0v) is 28.9. The van der Waals surface area contributed by atoms with Crippen LogP contribution < -0.4 is 4.90 Å². The largest absolute Gasteiger partial charge is 0.455 e. The maximum atomic E-state index is 9.60. The maximum absolute atomic E-state index is 9.60. The molecule has 0 aliphatic heterocycles. The summed E-state index contributed by atoms with van der Waals surface area (Å²) in [6.07, 6.45) is 0. The minimum Gasteiger partial charge on any atom is -0.455 e. The third-order valence-electron chi connectivity index (χ3n) is 9.84. The molecule has 0 saturated heterocycles. The van der Waals surface area contributed by atoms with E-state index in [0.717, 1.165) is 60.5 Å². The van der Waals surface area contributed by atoms with Crippen molar-refractivity contribution < 1.29 is 16.8 Å². The SMILES string of the molecule is [2H]c1c([2H])c([2H])c(-c2c([2H])c([2H])c(N(c3cccc(-c4cccc5oc6c7ccccc7ccc6c45)c3)c3ccccc3-c3ccc(-c4ccccc4)cc3)c([2H])c2[2H])c([2H])c1[2H]. The molecule has 2 heteroatoms. The summed E-state index contributed by atoms with van der Waals surface area (Å²) in [5.41, 5.74) is 7.14. The zero-order chi connectivity index (χ0) is 43.7. The number of hydrogen-bond donors (Lipinski definition) is 0. The van der Waals surface area contributed by atoms with Crippen LogP contribution in [0.1, 0.15) is 12.3 Å². The average molecular weight is 699 g/mol. The van der Waals surface area contributed by atoms with Crippen molar-refractivity contribution >= 4 is 49.8 Å². The van der Waals surface area contributed by atoms with Crippen molar-refractivity contribution in [1.82, 2.24) is 0 Å². The lowest BCUT2D eigenvalue weighted by atomic mass is 9.96. The van der Waals surface area contributed by atoms with Crippen molar-refractivity contribution in [2.45, 2.75) is 0 Å². The van der Waals surface area contributed by atoms with Gasteiger partial charge >= 0.3 is 0 Å². The molecule has 10 rings (SSSR count). The van der Waals surface area contributed by atoms with E-state index in [2.05, 4.69) is 18.2 Å². The van der Waals surface area contributed by atoms with Crippen molar-refractivity contribution in [2.75, 3.05) is 4.90 Å². The molecule has 0 N–H and O–H groups in total. The fourth-order valence-electron chi connectivity index (χ4n) is 7.30. The predicted molar refractivity (Wildman–Crippen MR) is 228 cm³/mol. The number of para-hydroxylation sites is 1. The van der Waals surface area contributed by atoms with E-state index in [9.17, 15) is 5.48 Å². The molecule has 0 bridgehead atoms. The number of nitrogens with zero attached hydrogens (tertiary/aromatic N) is 1. The van der Waals surface area contributed by atoms with E-state index in [-0.39, 0.29) is 11.3 Å². The lowest BCUT2D eigenvalue weighted by molar-refractivity contribution is 0.673. The molecule has 0 atom stereocenters. The highest BCUT2D eigenvalue weighted by Gasteiger charge is 2.20. The summed E-state index contributed by atoms with van der Waals surface area (Å²) in [6, 6.07) is 46.5. The Bertz CT molecular complexity index is 3400. The zero-order valence-electron chi connectivity index (χ0n) is 37.9. The van der Waals surface area contributed by atoms with Crippen molar-refractivity contribution in [3.63, 3.8) is 0 Å². The van der Waals surface area contributed by atoms with Crippen LogP contribution in [0, 0.1) is 0 Å². The fraction of sp³-hybridized carbons (Fsp3) is 0. The van der Waals surface area contributed by atoms with E-state index < -0.39 is 59.9 Å². The van der Waals surface area contributed by atoms with Crippen LogP contribution in [0.25, 0.3) is 77.2 Å². The Morgan fingerprint density at radius 2 is 1.07 bits per heavy atom. The Morgan fingerprint density at radius 1 is 0.407 bits per heavy atom. The molecule has 0 saturated carbocycles. The second-order valence-corrected chi connectivity index (χ2v) is 13.0. The van der Waals surface area contributed by atoms with Gasteiger partial charge < -0.3 is 9.32 Å². The van der Waals surface area contributed by atoms with E-state index in [1.807, 2.05) is 140 Å². The van der Waals surface area contributed by atoms with Crippen LogP contribution in [0.4, 0.5) is 17.1 Å². The minimum atomic E-state index is -0.633. The van der Waals surface area contributed by atoms with Gasteiger partial charge in [-0.05, 0) is 86.7 Å². The summed E-state index contributed by atoms with van der Waals surface area (Å²) < 4.78 is 86.5. The molecular weight excluding hydrogens is 655 g/mol.